The molecule has 2 aliphatic heterocycles. The molecule has 1 aromatic carbocycles. The molecule has 158 valence electrons. The van der Waals surface area contributed by atoms with Gasteiger partial charge in [0.1, 0.15) is 6.04 Å². The normalized spacial score (nSPS) is 22.7. The highest BCUT2D eigenvalue weighted by molar-refractivity contribution is 9.10. The summed E-state index contributed by atoms with van der Waals surface area (Å²) in [6.45, 7) is 1.92. The lowest BCUT2D eigenvalue weighted by atomic mass is 9.97. The van der Waals surface area contributed by atoms with Crippen LogP contribution in [0.5, 0.6) is 0 Å². The molecule has 2 amide bonds. The fourth-order valence-electron chi connectivity index (χ4n) is 4.24. The van der Waals surface area contributed by atoms with E-state index in [-0.39, 0.29) is 30.6 Å². The molecular weight excluding hydrogens is 438 g/mol. The van der Waals surface area contributed by atoms with Crippen LogP contribution in [0.25, 0.3) is 0 Å². The minimum Gasteiger partial charge on any atom is -0.480 e. The molecule has 2 aliphatic rings. The van der Waals surface area contributed by atoms with Crippen LogP contribution in [0.4, 0.5) is 0 Å². The van der Waals surface area contributed by atoms with Gasteiger partial charge in [0.2, 0.25) is 11.8 Å². The molecule has 0 spiro atoms. The van der Waals surface area contributed by atoms with E-state index < -0.39 is 18.1 Å². The fraction of sp³-hybridized carbons (Fsp3) is 0.571. The average Bonchev–Trinajstić information content (AvgIpc) is 3.37. The van der Waals surface area contributed by atoms with Gasteiger partial charge >= 0.3 is 5.97 Å². The summed E-state index contributed by atoms with van der Waals surface area (Å²) in [4.78, 5) is 40.0. The van der Waals surface area contributed by atoms with Crippen LogP contribution < -0.4 is 5.73 Å². The van der Waals surface area contributed by atoms with Gasteiger partial charge in [0, 0.05) is 30.5 Å². The maximum absolute atomic E-state index is 12.8. The van der Waals surface area contributed by atoms with E-state index >= 15 is 0 Å². The Labute approximate surface area is 179 Å². The summed E-state index contributed by atoms with van der Waals surface area (Å²) in [6.07, 6.45) is 3.63. The molecule has 2 heterocycles. The number of benzene rings is 1. The molecule has 2 fully saturated rings. The number of carboxylic acids is 1. The highest BCUT2D eigenvalue weighted by Gasteiger charge is 2.41. The summed E-state index contributed by atoms with van der Waals surface area (Å²) >= 11 is 3.41. The Morgan fingerprint density at radius 1 is 1.17 bits per heavy atom. The van der Waals surface area contributed by atoms with Crippen LogP contribution in [0.2, 0.25) is 0 Å². The second kappa shape index (κ2) is 9.71. The highest BCUT2D eigenvalue weighted by atomic mass is 79.9. The summed E-state index contributed by atoms with van der Waals surface area (Å²) in [5.41, 5.74) is 7.17. The molecule has 2 saturated heterocycles. The van der Waals surface area contributed by atoms with Crippen LogP contribution in [0.15, 0.2) is 28.7 Å². The van der Waals surface area contributed by atoms with Crippen molar-refractivity contribution in [2.75, 3.05) is 19.6 Å². The van der Waals surface area contributed by atoms with Gasteiger partial charge in [0.15, 0.2) is 0 Å². The third kappa shape index (κ3) is 5.57. The lowest BCUT2D eigenvalue weighted by Gasteiger charge is -2.25. The molecule has 3 N–H and O–H groups in total. The third-order valence-corrected chi connectivity index (χ3v) is 6.37. The van der Waals surface area contributed by atoms with Crippen molar-refractivity contribution in [3.8, 4) is 0 Å². The molecule has 0 aromatic heterocycles. The predicted octanol–water partition coefficient (Wildman–Crippen LogP) is 2.02. The Kier molecular flexibility index (Phi) is 7.29. The first kappa shape index (κ1) is 21.8. The first-order valence-corrected chi connectivity index (χ1v) is 11.0. The van der Waals surface area contributed by atoms with Crippen LogP contribution in [-0.4, -0.2) is 64.4 Å². The van der Waals surface area contributed by atoms with E-state index in [0.717, 1.165) is 36.0 Å². The Hall–Kier alpha value is -1.93. The average molecular weight is 466 g/mol. The standard InChI is InChI=1S/C21H28BrN3O4/c22-16-5-3-14(4-6-16)11-15-12-18(21(28)29)25(13-15)20(27)17(23)7-8-19(26)24-9-1-2-10-24/h3-6,15,17-18H,1-2,7-13,23H2,(H,28,29)/t15-,17-,18+/m1/s1. The molecule has 0 bridgehead atoms. The molecule has 3 rings (SSSR count). The van der Waals surface area contributed by atoms with E-state index in [2.05, 4.69) is 15.9 Å². The van der Waals surface area contributed by atoms with Crippen molar-refractivity contribution in [2.45, 2.75) is 50.6 Å². The van der Waals surface area contributed by atoms with Crippen molar-refractivity contribution in [3.05, 3.63) is 34.3 Å². The molecule has 0 aliphatic carbocycles. The van der Waals surface area contributed by atoms with Crippen LogP contribution in [0.1, 0.15) is 37.7 Å². The van der Waals surface area contributed by atoms with Crippen LogP contribution in [-0.2, 0) is 20.8 Å². The SMILES string of the molecule is N[C@H](CCC(=O)N1CCCC1)C(=O)N1C[C@H](Cc2ccc(Br)cc2)C[C@H]1C(=O)O. The van der Waals surface area contributed by atoms with Crippen LogP contribution in [0.3, 0.4) is 0 Å². The summed E-state index contributed by atoms with van der Waals surface area (Å²) in [5, 5.41) is 9.59. The largest absolute Gasteiger partial charge is 0.480 e. The number of hydrogen-bond acceptors (Lipinski definition) is 4. The Morgan fingerprint density at radius 2 is 1.83 bits per heavy atom. The second-order valence-electron chi connectivity index (χ2n) is 8.01. The Bertz CT molecular complexity index is 749. The number of carbonyl (C=O) groups excluding carboxylic acids is 2. The maximum Gasteiger partial charge on any atom is 0.326 e. The van der Waals surface area contributed by atoms with E-state index in [1.807, 2.05) is 24.3 Å². The summed E-state index contributed by atoms with van der Waals surface area (Å²) in [7, 11) is 0. The number of rotatable bonds is 7. The third-order valence-electron chi connectivity index (χ3n) is 5.84. The number of nitrogens with zero attached hydrogens (tertiary/aromatic N) is 2. The topological polar surface area (TPSA) is 104 Å². The fourth-order valence-corrected chi connectivity index (χ4v) is 4.51. The van der Waals surface area contributed by atoms with E-state index in [9.17, 15) is 19.5 Å². The number of amides is 2. The summed E-state index contributed by atoms with van der Waals surface area (Å²) in [5.74, 6) is -1.28. The molecule has 3 atom stereocenters. The molecule has 0 saturated carbocycles. The van der Waals surface area contributed by atoms with Crippen molar-refractivity contribution in [1.29, 1.82) is 0 Å². The molecule has 0 unspecified atom stereocenters. The Balaban J connectivity index is 1.57. The van der Waals surface area contributed by atoms with Gasteiger partial charge in [-0.2, -0.15) is 0 Å². The lowest BCUT2D eigenvalue weighted by Crippen LogP contribution is -2.48. The number of likely N-dealkylation sites (tertiary alicyclic amines) is 2. The van der Waals surface area contributed by atoms with Gasteiger partial charge in [-0.05, 0) is 55.7 Å². The minimum atomic E-state index is -1.00. The molecular formula is C21H28BrN3O4. The molecule has 8 heteroatoms. The van der Waals surface area contributed by atoms with Crippen molar-refractivity contribution in [1.82, 2.24) is 9.80 Å². The minimum absolute atomic E-state index is 0.0232. The van der Waals surface area contributed by atoms with Gasteiger partial charge in [-0.15, -0.1) is 0 Å². The van der Waals surface area contributed by atoms with Gasteiger partial charge in [-0.3, -0.25) is 9.59 Å². The number of carbonyl (C=O) groups is 3. The zero-order valence-corrected chi connectivity index (χ0v) is 18.0. The number of halogens is 1. The first-order chi connectivity index (χ1) is 13.8. The first-order valence-electron chi connectivity index (χ1n) is 10.2. The van der Waals surface area contributed by atoms with Crippen molar-refractivity contribution in [2.24, 2.45) is 11.7 Å². The zero-order valence-electron chi connectivity index (χ0n) is 16.4. The summed E-state index contributed by atoms with van der Waals surface area (Å²) in [6, 6.07) is 6.20. The van der Waals surface area contributed by atoms with Crippen molar-refractivity contribution < 1.29 is 19.5 Å². The molecule has 1 aromatic rings. The quantitative estimate of drug-likeness (QED) is 0.640. The van der Waals surface area contributed by atoms with Crippen molar-refractivity contribution >= 4 is 33.7 Å². The van der Waals surface area contributed by atoms with E-state index in [0.29, 0.717) is 19.4 Å². The van der Waals surface area contributed by atoms with E-state index in [1.54, 1.807) is 4.90 Å². The van der Waals surface area contributed by atoms with Gasteiger partial charge in [-0.25, -0.2) is 4.79 Å². The number of aliphatic carboxylic acids is 1. The lowest BCUT2D eigenvalue weighted by molar-refractivity contribution is -0.148. The van der Waals surface area contributed by atoms with Gasteiger partial charge in [-0.1, -0.05) is 28.1 Å². The monoisotopic (exact) mass is 465 g/mol. The van der Waals surface area contributed by atoms with Crippen LogP contribution in [0, 0.1) is 5.92 Å². The number of carboxylic acid groups (broad SMARTS) is 1. The van der Waals surface area contributed by atoms with Crippen molar-refractivity contribution in [3.63, 3.8) is 0 Å². The number of hydrogen-bond donors (Lipinski definition) is 2. The second-order valence-corrected chi connectivity index (χ2v) is 8.93. The molecule has 0 radical (unpaired) electrons. The van der Waals surface area contributed by atoms with Crippen LogP contribution >= 0.6 is 15.9 Å². The van der Waals surface area contributed by atoms with Gasteiger partial charge < -0.3 is 20.6 Å². The van der Waals surface area contributed by atoms with E-state index in [4.69, 9.17) is 5.73 Å². The molecule has 29 heavy (non-hydrogen) atoms. The molecule has 7 nitrogen and oxygen atoms in total. The smallest absolute Gasteiger partial charge is 0.326 e. The Morgan fingerprint density at radius 3 is 2.45 bits per heavy atom. The maximum atomic E-state index is 12.8. The van der Waals surface area contributed by atoms with E-state index in [1.165, 1.54) is 4.90 Å². The van der Waals surface area contributed by atoms with Gasteiger partial charge in [0.05, 0.1) is 6.04 Å². The predicted molar refractivity (Wildman–Crippen MR) is 112 cm³/mol. The van der Waals surface area contributed by atoms with Gasteiger partial charge in [0.25, 0.3) is 0 Å². The number of nitrogens with two attached hydrogens (primary N) is 1. The zero-order chi connectivity index (χ0) is 21.0. The summed E-state index contributed by atoms with van der Waals surface area (Å²) < 4.78 is 0.988. The highest BCUT2D eigenvalue weighted by Crippen LogP contribution is 2.28.